The molecule has 7 heteroatoms. The van der Waals surface area contributed by atoms with E-state index in [0.717, 1.165) is 5.56 Å². The lowest BCUT2D eigenvalue weighted by atomic mass is 10.1. The fraction of sp³-hybridized carbons (Fsp3) is 0.455. The summed E-state index contributed by atoms with van der Waals surface area (Å²) in [4.78, 5) is 32.8. The van der Waals surface area contributed by atoms with Crippen LogP contribution in [0.3, 0.4) is 0 Å². The summed E-state index contributed by atoms with van der Waals surface area (Å²) in [6.45, 7) is 3.74. The highest BCUT2D eigenvalue weighted by Gasteiger charge is 2.32. The van der Waals surface area contributed by atoms with Gasteiger partial charge in [-0.15, -0.1) is 0 Å². The number of piperazine rings is 1. The number of aromatic nitrogens is 2. The first-order valence-electron chi connectivity index (χ1n) is 5.74. The van der Waals surface area contributed by atoms with Gasteiger partial charge in [-0.25, -0.2) is 9.97 Å². The van der Waals surface area contributed by atoms with Crippen LogP contribution in [-0.4, -0.2) is 34.4 Å². The van der Waals surface area contributed by atoms with E-state index in [1.165, 1.54) is 6.33 Å². The molecular formula is C11H15N5O2. The number of nitrogens with two attached hydrogens (primary N) is 1. The molecule has 0 saturated carbocycles. The summed E-state index contributed by atoms with van der Waals surface area (Å²) in [5, 5.41) is 2.29. The van der Waals surface area contributed by atoms with Crippen molar-refractivity contribution in [3.05, 3.63) is 11.9 Å². The summed E-state index contributed by atoms with van der Waals surface area (Å²) >= 11 is 0. The molecule has 0 aromatic carbocycles. The van der Waals surface area contributed by atoms with Crippen molar-refractivity contribution in [1.29, 1.82) is 0 Å². The van der Waals surface area contributed by atoms with Gasteiger partial charge >= 0.3 is 0 Å². The van der Waals surface area contributed by atoms with Crippen molar-refractivity contribution < 1.29 is 9.59 Å². The molecule has 0 aliphatic carbocycles. The topological polar surface area (TPSA) is 101 Å². The maximum Gasteiger partial charge on any atom is 0.249 e. The first-order chi connectivity index (χ1) is 8.54. The molecule has 1 aromatic heterocycles. The monoisotopic (exact) mass is 249 g/mol. The minimum Gasteiger partial charge on any atom is -0.383 e. The maximum atomic E-state index is 11.6. The predicted molar refractivity (Wildman–Crippen MR) is 65.8 cm³/mol. The number of amides is 2. The predicted octanol–water partition coefficient (Wildman–Crippen LogP) is -0.527. The highest BCUT2D eigenvalue weighted by molar-refractivity contribution is 6.04. The number of nitrogen functional groups attached to an aromatic ring is 1. The summed E-state index contributed by atoms with van der Waals surface area (Å²) in [5.41, 5.74) is 6.55. The average Bonchev–Trinajstić information content (AvgIpc) is 2.33. The van der Waals surface area contributed by atoms with Crippen molar-refractivity contribution in [2.75, 3.05) is 17.2 Å². The zero-order valence-electron chi connectivity index (χ0n) is 10.3. The number of hydrogen-bond donors (Lipinski definition) is 2. The fourth-order valence-electron chi connectivity index (χ4n) is 1.98. The maximum absolute atomic E-state index is 11.6. The largest absolute Gasteiger partial charge is 0.383 e. The second-order valence-corrected chi connectivity index (χ2v) is 4.13. The Kier molecular flexibility index (Phi) is 3.14. The van der Waals surface area contributed by atoms with Crippen LogP contribution >= 0.6 is 0 Å². The van der Waals surface area contributed by atoms with Gasteiger partial charge in [0.2, 0.25) is 11.8 Å². The van der Waals surface area contributed by atoms with Crippen molar-refractivity contribution in [1.82, 2.24) is 15.3 Å². The lowest BCUT2D eigenvalue weighted by molar-refractivity contribution is -0.132. The number of carbonyl (C=O) groups is 2. The molecule has 1 aromatic rings. The van der Waals surface area contributed by atoms with E-state index in [0.29, 0.717) is 18.1 Å². The van der Waals surface area contributed by atoms with E-state index in [9.17, 15) is 9.59 Å². The van der Waals surface area contributed by atoms with Crippen molar-refractivity contribution >= 4 is 23.5 Å². The molecule has 1 saturated heterocycles. The minimum atomic E-state index is -0.456. The first kappa shape index (κ1) is 12.3. The lowest BCUT2D eigenvalue weighted by Gasteiger charge is -2.33. The number of carbonyl (C=O) groups excluding carboxylic acids is 2. The zero-order valence-corrected chi connectivity index (χ0v) is 10.3. The Morgan fingerprint density at radius 3 is 2.89 bits per heavy atom. The molecule has 1 atom stereocenters. The lowest BCUT2D eigenvalue weighted by Crippen LogP contribution is -2.57. The molecule has 2 amide bonds. The number of nitrogens with zero attached hydrogens (tertiary/aromatic N) is 3. The van der Waals surface area contributed by atoms with Crippen LogP contribution in [0.1, 0.15) is 19.4 Å². The molecule has 2 heterocycles. The van der Waals surface area contributed by atoms with E-state index in [1.54, 1.807) is 11.8 Å². The Morgan fingerprint density at radius 1 is 1.50 bits per heavy atom. The molecule has 96 valence electrons. The van der Waals surface area contributed by atoms with E-state index < -0.39 is 6.04 Å². The fourth-order valence-corrected chi connectivity index (χ4v) is 1.98. The Morgan fingerprint density at radius 2 is 2.22 bits per heavy atom. The van der Waals surface area contributed by atoms with Crippen LogP contribution in [-0.2, 0) is 16.0 Å². The van der Waals surface area contributed by atoms with Gasteiger partial charge in [0.25, 0.3) is 0 Å². The van der Waals surface area contributed by atoms with Gasteiger partial charge in [-0.05, 0) is 13.3 Å². The molecule has 18 heavy (non-hydrogen) atoms. The van der Waals surface area contributed by atoms with E-state index in [1.807, 2.05) is 6.92 Å². The molecule has 1 aliphatic heterocycles. The van der Waals surface area contributed by atoms with Crippen LogP contribution in [0.25, 0.3) is 0 Å². The van der Waals surface area contributed by atoms with Gasteiger partial charge in [-0.2, -0.15) is 0 Å². The third kappa shape index (κ3) is 1.99. The number of rotatable bonds is 2. The molecule has 1 aliphatic rings. The molecular weight excluding hydrogens is 234 g/mol. The van der Waals surface area contributed by atoms with Gasteiger partial charge in [0.15, 0.2) is 0 Å². The summed E-state index contributed by atoms with van der Waals surface area (Å²) < 4.78 is 0. The Bertz CT molecular complexity index is 502. The van der Waals surface area contributed by atoms with Crippen LogP contribution < -0.4 is 16.0 Å². The SMILES string of the molecule is CCc1c(N)ncnc1N1CC(=O)NC(=O)C1C. The van der Waals surface area contributed by atoms with Gasteiger partial charge in [0.05, 0.1) is 6.54 Å². The Balaban J connectivity index is 2.44. The van der Waals surface area contributed by atoms with Crippen molar-refractivity contribution in [3.63, 3.8) is 0 Å². The number of imide groups is 1. The van der Waals surface area contributed by atoms with Gasteiger partial charge in [0.1, 0.15) is 24.0 Å². The first-order valence-corrected chi connectivity index (χ1v) is 5.74. The summed E-state index contributed by atoms with van der Waals surface area (Å²) in [6.07, 6.45) is 1.98. The molecule has 0 bridgehead atoms. The number of nitrogens with one attached hydrogen (secondary N) is 1. The van der Waals surface area contributed by atoms with Gasteiger partial charge < -0.3 is 10.6 Å². The highest BCUT2D eigenvalue weighted by Crippen LogP contribution is 2.24. The van der Waals surface area contributed by atoms with Crippen LogP contribution in [0.4, 0.5) is 11.6 Å². The quantitative estimate of drug-likeness (QED) is 0.683. The Labute approximate surface area is 104 Å². The number of anilines is 2. The second kappa shape index (κ2) is 4.59. The number of hydrogen-bond acceptors (Lipinski definition) is 6. The van der Waals surface area contributed by atoms with E-state index >= 15 is 0 Å². The molecule has 3 N–H and O–H groups in total. The standard InChI is InChI=1S/C11H15N5O2/c1-3-7-9(12)13-5-14-10(7)16-4-8(17)15-11(18)6(16)2/h5-6H,3-4H2,1-2H3,(H2,12,13,14)(H,15,17,18). The highest BCUT2D eigenvalue weighted by atomic mass is 16.2. The van der Waals surface area contributed by atoms with Crippen molar-refractivity contribution in [2.24, 2.45) is 0 Å². The molecule has 0 spiro atoms. The van der Waals surface area contributed by atoms with Crippen LogP contribution in [0.5, 0.6) is 0 Å². The summed E-state index contributed by atoms with van der Waals surface area (Å²) in [6, 6.07) is -0.456. The molecule has 2 rings (SSSR count). The summed E-state index contributed by atoms with van der Waals surface area (Å²) in [7, 11) is 0. The van der Waals surface area contributed by atoms with E-state index in [-0.39, 0.29) is 18.4 Å². The molecule has 0 radical (unpaired) electrons. The van der Waals surface area contributed by atoms with Gasteiger partial charge in [-0.3, -0.25) is 14.9 Å². The Hall–Kier alpha value is -2.18. The van der Waals surface area contributed by atoms with Crippen molar-refractivity contribution in [2.45, 2.75) is 26.3 Å². The van der Waals surface area contributed by atoms with Crippen LogP contribution in [0.15, 0.2) is 6.33 Å². The van der Waals surface area contributed by atoms with Crippen LogP contribution in [0.2, 0.25) is 0 Å². The average molecular weight is 249 g/mol. The zero-order chi connectivity index (χ0) is 13.3. The third-order valence-electron chi connectivity index (χ3n) is 3.01. The second-order valence-electron chi connectivity index (χ2n) is 4.13. The normalized spacial score (nSPS) is 19.9. The smallest absolute Gasteiger partial charge is 0.249 e. The van der Waals surface area contributed by atoms with Crippen molar-refractivity contribution in [3.8, 4) is 0 Å². The van der Waals surface area contributed by atoms with Crippen LogP contribution in [0, 0.1) is 0 Å². The molecule has 7 nitrogen and oxygen atoms in total. The van der Waals surface area contributed by atoms with E-state index in [2.05, 4.69) is 15.3 Å². The summed E-state index contributed by atoms with van der Waals surface area (Å²) in [5.74, 6) is 0.275. The van der Waals surface area contributed by atoms with Gasteiger partial charge in [0, 0.05) is 5.56 Å². The van der Waals surface area contributed by atoms with Gasteiger partial charge in [-0.1, -0.05) is 6.92 Å². The van der Waals surface area contributed by atoms with E-state index in [4.69, 9.17) is 5.73 Å². The molecule has 1 unspecified atom stereocenters. The minimum absolute atomic E-state index is 0.0936. The molecule has 1 fully saturated rings. The third-order valence-corrected chi connectivity index (χ3v) is 3.01.